The Kier molecular flexibility index (Phi) is 5.34. The molecule has 1 N–H and O–H groups in total. The lowest BCUT2D eigenvalue weighted by molar-refractivity contribution is -0.115. The van der Waals surface area contributed by atoms with Crippen LogP contribution in [0.15, 0.2) is 40.1 Å². The number of nitrogens with zero attached hydrogens (tertiary/aromatic N) is 1. The summed E-state index contributed by atoms with van der Waals surface area (Å²) in [5.41, 5.74) is 3.94. The standard InChI is InChI=1S/C20H22N2O2S/c1-4-14-8-6-9-15(5-2)19(14)22-18(23)12-16-13(3)24-20(21-16)17-10-7-11-25-17/h6-11H,4-5,12H2,1-3H3,(H,22,23). The van der Waals surface area contributed by atoms with Gasteiger partial charge in [0.25, 0.3) is 0 Å². The van der Waals surface area contributed by atoms with Gasteiger partial charge in [0, 0.05) is 5.69 Å². The first kappa shape index (κ1) is 17.4. The summed E-state index contributed by atoms with van der Waals surface area (Å²) in [6, 6.07) is 10.1. The van der Waals surface area contributed by atoms with Crippen molar-refractivity contribution in [1.82, 2.24) is 4.98 Å². The Balaban J connectivity index is 1.78. The van der Waals surface area contributed by atoms with Crippen LogP contribution in [0.4, 0.5) is 5.69 Å². The predicted molar refractivity (Wildman–Crippen MR) is 102 cm³/mol. The molecule has 2 aromatic heterocycles. The van der Waals surface area contributed by atoms with Gasteiger partial charge in [-0.3, -0.25) is 4.79 Å². The summed E-state index contributed by atoms with van der Waals surface area (Å²) in [5, 5.41) is 5.06. The number of thiophene rings is 1. The first-order chi connectivity index (χ1) is 12.1. The summed E-state index contributed by atoms with van der Waals surface area (Å²) in [6.45, 7) is 6.04. The molecule has 0 aliphatic rings. The molecule has 0 saturated carbocycles. The van der Waals surface area contributed by atoms with Crippen molar-refractivity contribution in [2.45, 2.75) is 40.0 Å². The summed E-state index contributed by atoms with van der Waals surface area (Å²) >= 11 is 1.57. The molecule has 1 aromatic carbocycles. The van der Waals surface area contributed by atoms with Crippen molar-refractivity contribution in [3.8, 4) is 10.8 Å². The Morgan fingerprint density at radius 1 is 1.16 bits per heavy atom. The van der Waals surface area contributed by atoms with Crippen LogP contribution in [0.5, 0.6) is 0 Å². The number of aromatic nitrogens is 1. The van der Waals surface area contributed by atoms with Gasteiger partial charge in [0.1, 0.15) is 5.76 Å². The molecule has 1 amide bonds. The highest BCUT2D eigenvalue weighted by atomic mass is 32.1. The molecule has 0 fully saturated rings. The molecule has 25 heavy (non-hydrogen) atoms. The summed E-state index contributed by atoms with van der Waals surface area (Å²) in [6.07, 6.45) is 1.98. The second-order valence-corrected chi connectivity index (χ2v) is 6.83. The number of oxazole rings is 1. The van der Waals surface area contributed by atoms with Crippen LogP contribution in [0, 0.1) is 6.92 Å². The third-order valence-electron chi connectivity index (χ3n) is 4.22. The Labute approximate surface area is 151 Å². The maximum absolute atomic E-state index is 12.6. The highest BCUT2D eigenvalue weighted by Crippen LogP contribution is 2.27. The van der Waals surface area contributed by atoms with Crippen molar-refractivity contribution >= 4 is 22.9 Å². The van der Waals surface area contributed by atoms with Gasteiger partial charge in [-0.15, -0.1) is 11.3 Å². The fraction of sp³-hybridized carbons (Fsp3) is 0.300. The second-order valence-electron chi connectivity index (χ2n) is 5.88. The van der Waals surface area contributed by atoms with E-state index in [0.29, 0.717) is 17.3 Å². The average molecular weight is 354 g/mol. The molecule has 3 aromatic rings. The minimum absolute atomic E-state index is 0.0651. The van der Waals surface area contributed by atoms with Crippen LogP contribution < -0.4 is 5.32 Å². The predicted octanol–water partition coefficient (Wildman–Crippen LogP) is 5.02. The normalized spacial score (nSPS) is 10.8. The van der Waals surface area contributed by atoms with E-state index in [4.69, 9.17) is 4.42 Å². The van der Waals surface area contributed by atoms with Gasteiger partial charge in [-0.2, -0.15) is 0 Å². The van der Waals surface area contributed by atoms with E-state index in [1.54, 1.807) is 11.3 Å². The number of rotatable bonds is 6. The van der Waals surface area contributed by atoms with E-state index < -0.39 is 0 Å². The number of anilines is 1. The van der Waals surface area contributed by atoms with Crippen molar-refractivity contribution in [3.63, 3.8) is 0 Å². The van der Waals surface area contributed by atoms with Crippen LogP contribution in [0.1, 0.15) is 36.4 Å². The molecule has 0 bridgehead atoms. The van der Waals surface area contributed by atoms with Crippen LogP contribution >= 0.6 is 11.3 Å². The molecule has 2 heterocycles. The highest BCUT2D eigenvalue weighted by molar-refractivity contribution is 7.13. The number of aryl methyl sites for hydroxylation is 3. The van der Waals surface area contributed by atoms with E-state index in [1.807, 2.05) is 30.5 Å². The van der Waals surface area contributed by atoms with E-state index in [-0.39, 0.29) is 12.3 Å². The number of nitrogens with one attached hydrogen (secondary N) is 1. The smallest absolute Gasteiger partial charge is 0.236 e. The number of hydrogen-bond acceptors (Lipinski definition) is 4. The van der Waals surface area contributed by atoms with E-state index in [1.165, 1.54) is 0 Å². The summed E-state index contributed by atoms with van der Waals surface area (Å²) in [4.78, 5) is 18.0. The lowest BCUT2D eigenvalue weighted by Crippen LogP contribution is -2.17. The molecule has 0 saturated heterocycles. The molecule has 3 rings (SSSR count). The maximum atomic E-state index is 12.6. The highest BCUT2D eigenvalue weighted by Gasteiger charge is 2.17. The molecular weight excluding hydrogens is 332 g/mol. The van der Waals surface area contributed by atoms with Gasteiger partial charge >= 0.3 is 0 Å². The van der Waals surface area contributed by atoms with Gasteiger partial charge in [0.05, 0.1) is 17.0 Å². The molecule has 0 radical (unpaired) electrons. The van der Waals surface area contributed by atoms with E-state index >= 15 is 0 Å². The van der Waals surface area contributed by atoms with Crippen LogP contribution in [0.25, 0.3) is 10.8 Å². The Hall–Kier alpha value is -2.40. The van der Waals surface area contributed by atoms with Gasteiger partial charge < -0.3 is 9.73 Å². The van der Waals surface area contributed by atoms with Gasteiger partial charge in [0.15, 0.2) is 0 Å². The number of hydrogen-bond donors (Lipinski definition) is 1. The zero-order valence-corrected chi connectivity index (χ0v) is 15.6. The van der Waals surface area contributed by atoms with Crippen molar-refractivity contribution < 1.29 is 9.21 Å². The number of carbonyl (C=O) groups is 1. The van der Waals surface area contributed by atoms with Crippen molar-refractivity contribution in [3.05, 3.63) is 58.3 Å². The second kappa shape index (κ2) is 7.66. The molecule has 4 nitrogen and oxygen atoms in total. The zero-order valence-electron chi connectivity index (χ0n) is 14.8. The molecule has 130 valence electrons. The summed E-state index contributed by atoms with van der Waals surface area (Å²) in [7, 11) is 0. The molecule has 0 atom stereocenters. The minimum Gasteiger partial charge on any atom is -0.440 e. The molecule has 0 spiro atoms. The summed E-state index contributed by atoms with van der Waals surface area (Å²) in [5.74, 6) is 1.21. The number of benzene rings is 1. The van der Waals surface area contributed by atoms with Crippen molar-refractivity contribution in [2.24, 2.45) is 0 Å². The monoisotopic (exact) mass is 354 g/mol. The van der Waals surface area contributed by atoms with Crippen molar-refractivity contribution in [2.75, 3.05) is 5.32 Å². The quantitative estimate of drug-likeness (QED) is 0.676. The van der Waals surface area contributed by atoms with E-state index in [2.05, 4.69) is 36.3 Å². The van der Waals surface area contributed by atoms with Crippen molar-refractivity contribution in [1.29, 1.82) is 0 Å². The average Bonchev–Trinajstić information content (AvgIpc) is 3.25. The lowest BCUT2D eigenvalue weighted by Gasteiger charge is -2.14. The lowest BCUT2D eigenvalue weighted by atomic mass is 10.0. The molecule has 0 aliphatic carbocycles. The van der Waals surface area contributed by atoms with E-state index in [0.717, 1.165) is 34.5 Å². The molecular formula is C20H22N2O2S. The van der Waals surface area contributed by atoms with Gasteiger partial charge in [0.2, 0.25) is 11.8 Å². The number of para-hydroxylation sites is 1. The maximum Gasteiger partial charge on any atom is 0.236 e. The van der Waals surface area contributed by atoms with E-state index in [9.17, 15) is 4.79 Å². The first-order valence-electron chi connectivity index (χ1n) is 8.53. The SMILES string of the molecule is CCc1cccc(CC)c1NC(=O)Cc1nc(-c2cccs2)oc1C. The van der Waals surface area contributed by atoms with Gasteiger partial charge in [-0.1, -0.05) is 38.1 Å². The molecule has 5 heteroatoms. The Bertz CT molecular complexity index is 844. The minimum atomic E-state index is -0.0651. The van der Waals surface area contributed by atoms with Crippen LogP contribution in [0.2, 0.25) is 0 Å². The van der Waals surface area contributed by atoms with Gasteiger partial charge in [-0.25, -0.2) is 4.98 Å². The third-order valence-corrected chi connectivity index (χ3v) is 5.07. The number of carbonyl (C=O) groups excluding carboxylic acids is 1. The van der Waals surface area contributed by atoms with Crippen LogP contribution in [-0.2, 0) is 24.1 Å². The summed E-state index contributed by atoms with van der Waals surface area (Å²) < 4.78 is 5.72. The Morgan fingerprint density at radius 2 is 1.88 bits per heavy atom. The van der Waals surface area contributed by atoms with Gasteiger partial charge in [-0.05, 0) is 42.3 Å². The third kappa shape index (κ3) is 3.82. The number of amides is 1. The first-order valence-corrected chi connectivity index (χ1v) is 9.41. The zero-order chi connectivity index (χ0) is 17.8. The molecule has 0 aliphatic heterocycles. The fourth-order valence-electron chi connectivity index (χ4n) is 2.84. The largest absolute Gasteiger partial charge is 0.440 e. The fourth-order valence-corrected chi connectivity index (χ4v) is 3.49. The Morgan fingerprint density at radius 3 is 2.48 bits per heavy atom. The van der Waals surface area contributed by atoms with Crippen LogP contribution in [0.3, 0.4) is 0 Å². The van der Waals surface area contributed by atoms with Crippen LogP contribution in [-0.4, -0.2) is 10.9 Å². The topological polar surface area (TPSA) is 55.1 Å². The molecule has 0 unspecified atom stereocenters.